The van der Waals surface area contributed by atoms with Gasteiger partial charge in [-0.2, -0.15) is 0 Å². The fraction of sp³-hybridized carbons (Fsp3) is 0.500. The van der Waals surface area contributed by atoms with E-state index in [0.29, 0.717) is 11.4 Å². The molecular formula is C12H17NO2S. The van der Waals surface area contributed by atoms with Gasteiger partial charge < -0.3 is 5.32 Å². The molecule has 0 spiro atoms. The van der Waals surface area contributed by atoms with Crippen LogP contribution in [0.1, 0.15) is 19.3 Å². The number of sulfone groups is 1. The third-order valence-corrected chi connectivity index (χ3v) is 5.97. The molecule has 88 valence electrons. The average Bonchev–Trinajstić information content (AvgIpc) is 2.24. The van der Waals surface area contributed by atoms with Gasteiger partial charge in [-0.25, -0.2) is 8.42 Å². The Hall–Kier alpha value is -0.870. The van der Waals surface area contributed by atoms with Crippen LogP contribution < -0.4 is 5.32 Å². The molecule has 16 heavy (non-hydrogen) atoms. The first-order valence-electron chi connectivity index (χ1n) is 5.57. The Labute approximate surface area is 96.8 Å². The van der Waals surface area contributed by atoms with Gasteiger partial charge in [0, 0.05) is 6.54 Å². The Morgan fingerprint density at radius 1 is 1.25 bits per heavy atom. The highest BCUT2D eigenvalue weighted by atomic mass is 32.2. The molecule has 4 heteroatoms. The topological polar surface area (TPSA) is 46.2 Å². The molecule has 1 aliphatic rings. The zero-order valence-corrected chi connectivity index (χ0v) is 10.3. The quantitative estimate of drug-likeness (QED) is 0.868. The average molecular weight is 239 g/mol. The van der Waals surface area contributed by atoms with Gasteiger partial charge >= 0.3 is 0 Å². The van der Waals surface area contributed by atoms with Crippen molar-refractivity contribution in [2.45, 2.75) is 28.9 Å². The van der Waals surface area contributed by atoms with Crippen molar-refractivity contribution >= 4 is 9.84 Å². The summed E-state index contributed by atoms with van der Waals surface area (Å²) in [5.41, 5.74) is 0. The lowest BCUT2D eigenvalue weighted by Crippen LogP contribution is -2.51. The zero-order chi connectivity index (χ0) is 11.6. The minimum atomic E-state index is -3.19. The molecule has 1 aromatic rings. The van der Waals surface area contributed by atoms with Crippen molar-refractivity contribution in [2.24, 2.45) is 0 Å². The molecule has 1 fully saturated rings. The molecule has 3 nitrogen and oxygen atoms in total. The molecule has 0 aliphatic heterocycles. The molecule has 1 saturated carbocycles. The smallest absolute Gasteiger partial charge is 0.185 e. The van der Waals surface area contributed by atoms with Gasteiger partial charge in [0.15, 0.2) is 9.84 Å². The predicted molar refractivity (Wildman–Crippen MR) is 64.1 cm³/mol. The summed E-state index contributed by atoms with van der Waals surface area (Å²) in [6, 6.07) is 8.76. The van der Waals surface area contributed by atoms with Gasteiger partial charge in [-0.3, -0.25) is 0 Å². The first-order chi connectivity index (χ1) is 7.62. The fourth-order valence-electron chi connectivity index (χ4n) is 2.28. The first kappa shape index (κ1) is 11.6. The molecule has 2 rings (SSSR count). The first-order valence-corrected chi connectivity index (χ1v) is 7.05. The van der Waals surface area contributed by atoms with E-state index in [9.17, 15) is 8.42 Å². The molecule has 1 aliphatic carbocycles. The maximum absolute atomic E-state index is 12.5. The van der Waals surface area contributed by atoms with E-state index in [0.717, 1.165) is 19.3 Å². The Morgan fingerprint density at radius 3 is 2.31 bits per heavy atom. The lowest BCUT2D eigenvalue weighted by atomic mass is 9.84. The lowest BCUT2D eigenvalue weighted by Gasteiger charge is -2.40. The van der Waals surface area contributed by atoms with Gasteiger partial charge in [-0.1, -0.05) is 24.6 Å². The summed E-state index contributed by atoms with van der Waals surface area (Å²) < 4.78 is 24.4. The van der Waals surface area contributed by atoms with Crippen LogP contribution in [0.5, 0.6) is 0 Å². The number of nitrogens with one attached hydrogen (secondary N) is 1. The summed E-state index contributed by atoms with van der Waals surface area (Å²) >= 11 is 0. The molecule has 0 bridgehead atoms. The molecule has 0 atom stereocenters. The van der Waals surface area contributed by atoms with E-state index < -0.39 is 14.6 Å². The molecular weight excluding hydrogens is 222 g/mol. The molecule has 0 unspecified atom stereocenters. The van der Waals surface area contributed by atoms with Crippen molar-refractivity contribution in [2.75, 3.05) is 13.6 Å². The molecule has 0 heterocycles. The monoisotopic (exact) mass is 239 g/mol. The van der Waals surface area contributed by atoms with Crippen molar-refractivity contribution in [1.82, 2.24) is 5.32 Å². The van der Waals surface area contributed by atoms with Crippen LogP contribution in [0.25, 0.3) is 0 Å². The molecule has 0 radical (unpaired) electrons. The minimum absolute atomic E-state index is 0.449. The maximum Gasteiger partial charge on any atom is 0.185 e. The van der Waals surface area contributed by atoms with E-state index >= 15 is 0 Å². The van der Waals surface area contributed by atoms with Crippen molar-refractivity contribution in [3.8, 4) is 0 Å². The van der Waals surface area contributed by atoms with E-state index in [1.807, 2.05) is 6.07 Å². The van der Waals surface area contributed by atoms with Gasteiger partial charge in [-0.15, -0.1) is 0 Å². The van der Waals surface area contributed by atoms with E-state index in [1.54, 1.807) is 31.3 Å². The minimum Gasteiger partial charge on any atom is -0.318 e. The largest absolute Gasteiger partial charge is 0.318 e. The lowest BCUT2D eigenvalue weighted by molar-refractivity contribution is 0.328. The molecule has 0 amide bonds. The highest BCUT2D eigenvalue weighted by Gasteiger charge is 2.48. The standard InChI is InChI=1S/C12H17NO2S/c1-13-10-12(8-5-9-12)16(14,15)11-6-3-2-4-7-11/h2-4,6-7,13H,5,8-10H2,1H3. The third-order valence-electron chi connectivity index (χ3n) is 3.39. The van der Waals surface area contributed by atoms with Crippen molar-refractivity contribution in [3.63, 3.8) is 0 Å². The van der Waals surface area contributed by atoms with Crippen LogP contribution in [0.4, 0.5) is 0 Å². The zero-order valence-electron chi connectivity index (χ0n) is 9.44. The van der Waals surface area contributed by atoms with Crippen LogP contribution in [0, 0.1) is 0 Å². The van der Waals surface area contributed by atoms with Crippen molar-refractivity contribution in [3.05, 3.63) is 30.3 Å². The van der Waals surface area contributed by atoms with Crippen molar-refractivity contribution < 1.29 is 8.42 Å². The van der Waals surface area contributed by atoms with Crippen LogP contribution in [-0.4, -0.2) is 26.8 Å². The van der Waals surface area contributed by atoms with Crippen LogP contribution >= 0.6 is 0 Å². The molecule has 1 aromatic carbocycles. The fourth-order valence-corrected chi connectivity index (χ4v) is 4.46. The summed E-state index contributed by atoms with van der Waals surface area (Å²) in [5.74, 6) is 0. The molecule has 1 N–H and O–H groups in total. The van der Waals surface area contributed by atoms with Crippen molar-refractivity contribution in [1.29, 1.82) is 0 Å². The van der Waals surface area contributed by atoms with Gasteiger partial charge in [0.1, 0.15) is 0 Å². The Bertz CT molecular complexity index is 449. The van der Waals surface area contributed by atoms with Crippen LogP contribution in [0.2, 0.25) is 0 Å². The Balaban J connectivity index is 2.39. The van der Waals surface area contributed by atoms with Crippen LogP contribution in [0.15, 0.2) is 35.2 Å². The van der Waals surface area contributed by atoms with Crippen LogP contribution in [-0.2, 0) is 9.84 Å². The summed E-state index contributed by atoms with van der Waals surface area (Å²) in [6.45, 7) is 0.546. The number of hydrogen-bond acceptors (Lipinski definition) is 3. The van der Waals surface area contributed by atoms with Gasteiger partial charge in [0.05, 0.1) is 9.64 Å². The highest BCUT2D eigenvalue weighted by molar-refractivity contribution is 7.93. The normalized spacial score (nSPS) is 19.1. The highest BCUT2D eigenvalue weighted by Crippen LogP contribution is 2.42. The molecule has 0 saturated heterocycles. The van der Waals surface area contributed by atoms with E-state index in [-0.39, 0.29) is 0 Å². The Kier molecular flexibility index (Phi) is 3.04. The van der Waals surface area contributed by atoms with Gasteiger partial charge in [0.25, 0.3) is 0 Å². The molecule has 0 aromatic heterocycles. The second-order valence-corrected chi connectivity index (χ2v) is 6.73. The second kappa shape index (κ2) is 4.18. The SMILES string of the molecule is CNCC1(S(=O)(=O)c2ccccc2)CCC1. The summed E-state index contributed by atoms with van der Waals surface area (Å²) in [4.78, 5) is 0.449. The number of rotatable bonds is 4. The second-order valence-electron chi connectivity index (χ2n) is 4.38. The summed E-state index contributed by atoms with van der Waals surface area (Å²) in [6.07, 6.45) is 2.55. The summed E-state index contributed by atoms with van der Waals surface area (Å²) in [5, 5.41) is 3.01. The number of hydrogen-bond donors (Lipinski definition) is 1. The van der Waals surface area contributed by atoms with E-state index in [1.165, 1.54) is 0 Å². The predicted octanol–water partition coefficient (Wildman–Crippen LogP) is 1.60. The van der Waals surface area contributed by atoms with E-state index in [2.05, 4.69) is 5.32 Å². The summed E-state index contributed by atoms with van der Waals surface area (Å²) in [7, 11) is -1.38. The van der Waals surface area contributed by atoms with Crippen LogP contribution in [0.3, 0.4) is 0 Å². The van der Waals surface area contributed by atoms with Gasteiger partial charge in [-0.05, 0) is 32.0 Å². The number of benzene rings is 1. The Morgan fingerprint density at radius 2 is 1.88 bits per heavy atom. The van der Waals surface area contributed by atoms with Gasteiger partial charge in [0.2, 0.25) is 0 Å². The van der Waals surface area contributed by atoms with E-state index in [4.69, 9.17) is 0 Å². The third kappa shape index (κ3) is 1.66. The maximum atomic E-state index is 12.5.